The number of aromatic hydroxyl groups is 1. The van der Waals surface area contributed by atoms with Crippen LogP contribution >= 0.6 is 0 Å². The molecule has 3 aromatic rings. The van der Waals surface area contributed by atoms with Gasteiger partial charge in [0, 0.05) is 30.3 Å². The van der Waals surface area contributed by atoms with E-state index in [0.29, 0.717) is 37.1 Å². The molecular formula is C34H44F4N2O4Si. The largest absolute Gasteiger partial charge is 0.508 e. The molecule has 45 heavy (non-hydrogen) atoms. The van der Waals surface area contributed by atoms with Crippen molar-refractivity contribution in [2.45, 2.75) is 89.5 Å². The molecule has 5 N–H and O–H groups in total. The molecule has 0 saturated carbocycles. The van der Waals surface area contributed by atoms with Gasteiger partial charge in [-0.15, -0.1) is 0 Å². The fourth-order valence-corrected chi connectivity index (χ4v) is 5.87. The number of aliphatic hydroxyl groups excluding tert-OH is 1. The van der Waals surface area contributed by atoms with Crippen LogP contribution in [0.4, 0.5) is 17.6 Å². The van der Waals surface area contributed by atoms with Gasteiger partial charge in [-0.05, 0) is 90.8 Å². The topological polar surface area (TPSA) is 102 Å². The minimum atomic E-state index is -4.61. The molecule has 0 unspecified atom stereocenters. The molecule has 0 aliphatic rings. The second kappa shape index (κ2) is 14.9. The van der Waals surface area contributed by atoms with Crippen LogP contribution < -0.4 is 10.6 Å². The number of phenols is 1. The molecule has 11 heteroatoms. The fourth-order valence-electron chi connectivity index (χ4n) is 5.12. The lowest BCUT2D eigenvalue weighted by Crippen LogP contribution is -2.41. The molecular weight excluding hydrogens is 604 g/mol. The van der Waals surface area contributed by atoms with Gasteiger partial charge in [0.05, 0.1) is 18.6 Å². The summed E-state index contributed by atoms with van der Waals surface area (Å²) in [7, 11) is -2.51. The number of alkyl halides is 3. The molecule has 2 atom stereocenters. The Morgan fingerprint density at radius 1 is 0.978 bits per heavy atom. The first-order chi connectivity index (χ1) is 20.9. The van der Waals surface area contributed by atoms with Crippen LogP contribution in [0.3, 0.4) is 0 Å². The Kier molecular flexibility index (Phi) is 12.0. The van der Waals surface area contributed by atoms with Crippen molar-refractivity contribution in [2.75, 3.05) is 6.54 Å². The van der Waals surface area contributed by atoms with Crippen LogP contribution in [0.15, 0.2) is 60.7 Å². The minimum absolute atomic E-state index is 0.00367. The summed E-state index contributed by atoms with van der Waals surface area (Å²) < 4.78 is 53.0. The third-order valence-electron chi connectivity index (χ3n) is 8.62. The monoisotopic (exact) mass is 648 g/mol. The molecule has 0 spiro atoms. The molecule has 0 saturated heterocycles. The summed E-state index contributed by atoms with van der Waals surface area (Å²) in [4.78, 5) is 23.5. The predicted octanol–water partition coefficient (Wildman–Crippen LogP) is 6.57. The van der Waals surface area contributed by atoms with Gasteiger partial charge >= 0.3 is 6.18 Å². The minimum Gasteiger partial charge on any atom is -0.508 e. The third-order valence-corrected chi connectivity index (χ3v) is 12.1. The van der Waals surface area contributed by atoms with E-state index in [-0.39, 0.29) is 47.9 Å². The van der Waals surface area contributed by atoms with Gasteiger partial charge in [0.15, 0.2) is 8.32 Å². The Morgan fingerprint density at radius 3 is 2.31 bits per heavy atom. The highest BCUT2D eigenvalue weighted by atomic mass is 28.4. The molecule has 0 aliphatic carbocycles. The molecule has 1 amide bonds. The highest BCUT2D eigenvalue weighted by Crippen LogP contribution is 2.44. The van der Waals surface area contributed by atoms with Gasteiger partial charge in [0.2, 0.25) is 5.91 Å². The quantitative estimate of drug-likeness (QED) is 0.101. The lowest BCUT2D eigenvalue weighted by molar-refractivity contribution is -0.137. The third kappa shape index (κ3) is 10.4. The van der Waals surface area contributed by atoms with Crippen LogP contribution in [0.2, 0.25) is 18.1 Å². The van der Waals surface area contributed by atoms with Crippen LogP contribution in [0, 0.1) is 5.82 Å². The molecule has 3 aromatic carbocycles. The second-order valence-electron chi connectivity index (χ2n) is 13.0. The molecule has 0 fully saturated rings. The summed E-state index contributed by atoms with van der Waals surface area (Å²) in [6.07, 6.45) is -3.27. The lowest BCUT2D eigenvalue weighted by atomic mass is 9.88. The number of benzene rings is 3. The Bertz CT molecular complexity index is 1460. The number of halogens is 4. The zero-order chi connectivity index (χ0) is 33.6. The van der Waals surface area contributed by atoms with Crippen LogP contribution in [-0.2, 0) is 37.0 Å². The van der Waals surface area contributed by atoms with Gasteiger partial charge < -0.3 is 25.6 Å². The van der Waals surface area contributed by atoms with E-state index in [1.165, 1.54) is 0 Å². The Morgan fingerprint density at radius 2 is 1.67 bits per heavy atom. The van der Waals surface area contributed by atoms with E-state index in [4.69, 9.17) is 0 Å². The van der Waals surface area contributed by atoms with E-state index in [1.54, 1.807) is 12.1 Å². The lowest BCUT2D eigenvalue weighted by Gasteiger charge is -2.38. The zero-order valence-electron chi connectivity index (χ0n) is 26.4. The number of hydrogen-bond donors (Lipinski definition) is 5. The van der Waals surface area contributed by atoms with E-state index in [0.717, 1.165) is 22.8 Å². The number of carbonyl (C=O) groups excluding carboxylic acids is 1. The smallest absolute Gasteiger partial charge is 0.416 e. The first-order valence-electron chi connectivity index (χ1n) is 15.0. The first-order valence-corrected chi connectivity index (χ1v) is 17.9. The van der Waals surface area contributed by atoms with Gasteiger partial charge in [-0.25, -0.2) is 4.39 Å². The molecule has 246 valence electrons. The highest BCUT2D eigenvalue weighted by Gasteiger charge is 2.40. The number of rotatable bonds is 14. The van der Waals surface area contributed by atoms with E-state index in [2.05, 4.69) is 24.5 Å². The summed E-state index contributed by atoms with van der Waals surface area (Å²) in [6.45, 7) is 9.99. The van der Waals surface area contributed by atoms with Crippen molar-refractivity contribution in [3.8, 4) is 5.75 Å². The molecule has 0 aliphatic heterocycles. The van der Waals surface area contributed by atoms with Gasteiger partial charge in [-0.2, -0.15) is 13.2 Å². The number of carbonyl (C=O) groups is 1. The maximum Gasteiger partial charge on any atom is 0.416 e. The summed E-state index contributed by atoms with van der Waals surface area (Å²) in [6, 6.07) is 14.9. The maximum atomic E-state index is 14.0. The van der Waals surface area contributed by atoms with Crippen molar-refractivity contribution >= 4 is 14.2 Å². The molecule has 0 aromatic heterocycles. The normalized spacial score (nSPS) is 13.8. The Hall–Kier alpha value is -3.25. The summed E-state index contributed by atoms with van der Waals surface area (Å²) in [5.41, 5.74) is 1.90. The standard InChI is InChI=1S/C34H44F4N2O4Si/c1-22(39-20-28(18-33(2,3)45(4,5)44)25-9-12-31(42)27(16-25)21-41)13-23-7-6-8-24(14-23)15-32(43)40-19-26-17-29(34(36,37)38)10-11-30(26)35/h6-12,14,16-17,22,28,39,41-42,44H,13,15,18-21H2,1-5H3,(H,40,43)/t22-,28+/m1/s1. The van der Waals surface area contributed by atoms with Crippen molar-refractivity contribution in [1.29, 1.82) is 0 Å². The van der Waals surface area contributed by atoms with Crippen molar-refractivity contribution < 1.29 is 37.4 Å². The number of aliphatic hydroxyl groups is 1. The number of nitrogens with one attached hydrogen (secondary N) is 2. The first kappa shape index (κ1) is 36.2. The summed E-state index contributed by atoms with van der Waals surface area (Å²) >= 11 is 0. The summed E-state index contributed by atoms with van der Waals surface area (Å²) in [5, 5.41) is 25.6. The van der Waals surface area contributed by atoms with Crippen LogP contribution in [0.25, 0.3) is 0 Å². The van der Waals surface area contributed by atoms with Crippen LogP contribution in [0.1, 0.15) is 66.5 Å². The van der Waals surface area contributed by atoms with Gasteiger partial charge in [-0.3, -0.25) is 4.79 Å². The molecule has 6 nitrogen and oxygen atoms in total. The van der Waals surface area contributed by atoms with Gasteiger partial charge in [0.25, 0.3) is 0 Å². The molecule has 3 rings (SSSR count). The molecule has 0 bridgehead atoms. The predicted molar refractivity (Wildman–Crippen MR) is 170 cm³/mol. The zero-order valence-corrected chi connectivity index (χ0v) is 27.4. The highest BCUT2D eigenvalue weighted by molar-refractivity contribution is 6.72. The van der Waals surface area contributed by atoms with E-state index in [9.17, 15) is 37.4 Å². The number of hydrogen-bond acceptors (Lipinski definition) is 5. The van der Waals surface area contributed by atoms with Gasteiger partial charge in [-0.1, -0.05) is 44.2 Å². The average Bonchev–Trinajstić information content (AvgIpc) is 2.94. The second-order valence-corrected chi connectivity index (χ2v) is 17.5. The van der Waals surface area contributed by atoms with E-state index in [1.807, 2.05) is 50.3 Å². The fraction of sp³-hybridized carbons (Fsp3) is 0.441. The van der Waals surface area contributed by atoms with Crippen LogP contribution in [-0.4, -0.2) is 41.8 Å². The van der Waals surface area contributed by atoms with Crippen molar-refractivity contribution in [3.63, 3.8) is 0 Å². The van der Waals surface area contributed by atoms with Crippen molar-refractivity contribution in [3.05, 3.63) is 99.9 Å². The average molecular weight is 649 g/mol. The van der Waals surface area contributed by atoms with Crippen molar-refractivity contribution in [1.82, 2.24) is 10.6 Å². The maximum absolute atomic E-state index is 14.0. The van der Waals surface area contributed by atoms with E-state index >= 15 is 0 Å². The number of amides is 1. The molecule has 0 heterocycles. The van der Waals surface area contributed by atoms with Gasteiger partial charge in [0.1, 0.15) is 11.6 Å². The van der Waals surface area contributed by atoms with Crippen LogP contribution in [0.5, 0.6) is 5.75 Å². The SMILES string of the molecule is C[C@H](Cc1cccc(CC(=O)NCc2cc(C(F)(F)F)ccc2F)c1)NC[C@H](CC(C)(C)[Si](C)(C)O)c1ccc(O)c(CO)c1. The summed E-state index contributed by atoms with van der Waals surface area (Å²) in [5.74, 6) is -1.22. The van der Waals surface area contributed by atoms with E-state index < -0.39 is 31.8 Å². The van der Waals surface area contributed by atoms with Crippen molar-refractivity contribution in [2.24, 2.45) is 0 Å². The Labute approximate surface area is 263 Å². The Balaban J connectivity index is 1.63. The molecule has 0 radical (unpaired) electrons.